The van der Waals surface area contributed by atoms with Crippen molar-refractivity contribution in [1.29, 1.82) is 0 Å². The van der Waals surface area contributed by atoms with Gasteiger partial charge in [0.25, 0.3) is 0 Å². The first-order valence-corrected chi connectivity index (χ1v) is 9.78. The molecule has 0 aliphatic heterocycles. The molecule has 0 aromatic heterocycles. The van der Waals surface area contributed by atoms with Crippen LogP contribution in [0.3, 0.4) is 0 Å². The predicted molar refractivity (Wildman–Crippen MR) is 113 cm³/mol. The van der Waals surface area contributed by atoms with Gasteiger partial charge in [-0.15, -0.1) is 0 Å². The zero-order chi connectivity index (χ0) is 21.9. The average Bonchev–Trinajstić information content (AvgIpc) is 2.76. The molecule has 0 aliphatic rings. The number of aldehydes is 1. The molecule has 2 N–H and O–H groups in total. The Balaban J connectivity index is 1.92. The Kier molecular flexibility index (Phi) is 8.87. The predicted octanol–water partition coefficient (Wildman–Crippen LogP) is 2.87. The van der Waals surface area contributed by atoms with E-state index < -0.39 is 24.1 Å². The summed E-state index contributed by atoms with van der Waals surface area (Å²) in [6.07, 6.45) is 0.334. The van der Waals surface area contributed by atoms with Crippen molar-refractivity contribution in [3.63, 3.8) is 0 Å². The molecule has 0 heterocycles. The molecule has 1 unspecified atom stereocenters. The van der Waals surface area contributed by atoms with E-state index in [4.69, 9.17) is 9.47 Å². The number of ether oxygens (including phenoxy) is 2. The number of rotatable bonds is 10. The van der Waals surface area contributed by atoms with E-state index in [0.29, 0.717) is 18.5 Å². The van der Waals surface area contributed by atoms with Crippen molar-refractivity contribution in [2.75, 3.05) is 7.11 Å². The Morgan fingerprint density at radius 1 is 0.967 bits per heavy atom. The van der Waals surface area contributed by atoms with Crippen molar-refractivity contribution in [3.05, 3.63) is 65.7 Å². The number of methoxy groups -OCH3 is 1. The van der Waals surface area contributed by atoms with E-state index in [1.165, 1.54) is 0 Å². The molecular weight excluding hydrogens is 384 g/mol. The van der Waals surface area contributed by atoms with Crippen molar-refractivity contribution >= 4 is 18.3 Å². The molecule has 2 atom stereocenters. The fourth-order valence-electron chi connectivity index (χ4n) is 2.85. The van der Waals surface area contributed by atoms with Crippen molar-refractivity contribution in [2.24, 2.45) is 5.92 Å². The lowest BCUT2D eigenvalue weighted by atomic mass is 10.0. The summed E-state index contributed by atoms with van der Waals surface area (Å²) >= 11 is 0. The molecule has 30 heavy (non-hydrogen) atoms. The maximum Gasteiger partial charge on any atom is 0.408 e. The molecular formula is C23H28N2O5. The molecule has 0 aliphatic carbocycles. The van der Waals surface area contributed by atoms with E-state index in [1.54, 1.807) is 33.1 Å². The molecule has 2 aromatic carbocycles. The molecule has 2 rings (SSSR count). The first kappa shape index (κ1) is 22.9. The van der Waals surface area contributed by atoms with Crippen LogP contribution in [-0.4, -0.2) is 37.5 Å². The normalized spacial score (nSPS) is 12.5. The number of alkyl carbamates (subject to hydrolysis) is 1. The van der Waals surface area contributed by atoms with Gasteiger partial charge in [0.05, 0.1) is 13.2 Å². The standard InChI is InChI=1S/C23H28N2O5/c1-16(2)21(25-23(28)30-15-18-7-5-4-6-8-18)22(27)24-19(14-26)13-17-9-11-20(29-3)12-10-17/h4-12,14,16,19,21H,13,15H2,1-3H3,(H,24,27)(H,25,28)/t19?,21-/m0/s1. The minimum atomic E-state index is -0.827. The second kappa shape index (κ2) is 11.6. The van der Waals surface area contributed by atoms with Crippen LogP contribution in [0.25, 0.3) is 0 Å². The highest BCUT2D eigenvalue weighted by molar-refractivity contribution is 5.87. The highest BCUT2D eigenvalue weighted by atomic mass is 16.5. The fourth-order valence-corrected chi connectivity index (χ4v) is 2.85. The molecule has 0 spiro atoms. The number of nitrogens with one attached hydrogen (secondary N) is 2. The van der Waals surface area contributed by atoms with Crippen LogP contribution >= 0.6 is 0 Å². The van der Waals surface area contributed by atoms with Gasteiger partial charge in [-0.2, -0.15) is 0 Å². The maximum atomic E-state index is 12.7. The Morgan fingerprint density at radius 3 is 2.20 bits per heavy atom. The van der Waals surface area contributed by atoms with Crippen LogP contribution in [0.2, 0.25) is 0 Å². The number of carbonyl (C=O) groups excluding carboxylic acids is 3. The average molecular weight is 412 g/mol. The van der Waals surface area contributed by atoms with E-state index in [9.17, 15) is 14.4 Å². The third kappa shape index (κ3) is 7.24. The minimum absolute atomic E-state index is 0.105. The number of carbonyl (C=O) groups is 3. The molecule has 0 saturated heterocycles. The molecule has 0 radical (unpaired) electrons. The molecule has 0 fully saturated rings. The number of hydrogen-bond donors (Lipinski definition) is 2. The topological polar surface area (TPSA) is 93.7 Å². The van der Waals surface area contributed by atoms with Gasteiger partial charge in [0.2, 0.25) is 5.91 Å². The molecule has 2 amide bonds. The second-order valence-corrected chi connectivity index (χ2v) is 7.23. The lowest BCUT2D eigenvalue weighted by molar-refractivity contribution is -0.126. The minimum Gasteiger partial charge on any atom is -0.497 e. The lowest BCUT2D eigenvalue weighted by Gasteiger charge is -2.23. The first-order chi connectivity index (χ1) is 14.4. The highest BCUT2D eigenvalue weighted by Gasteiger charge is 2.26. The van der Waals surface area contributed by atoms with Gasteiger partial charge in [-0.1, -0.05) is 56.3 Å². The van der Waals surface area contributed by atoms with Gasteiger partial charge in [-0.25, -0.2) is 4.79 Å². The second-order valence-electron chi connectivity index (χ2n) is 7.23. The van der Waals surface area contributed by atoms with Gasteiger partial charge >= 0.3 is 6.09 Å². The van der Waals surface area contributed by atoms with Gasteiger partial charge in [0, 0.05) is 0 Å². The van der Waals surface area contributed by atoms with E-state index >= 15 is 0 Å². The van der Waals surface area contributed by atoms with E-state index in [0.717, 1.165) is 11.1 Å². The van der Waals surface area contributed by atoms with Crippen molar-refractivity contribution < 1.29 is 23.9 Å². The smallest absolute Gasteiger partial charge is 0.408 e. The molecule has 7 heteroatoms. The van der Waals surface area contributed by atoms with Crippen LogP contribution in [0.1, 0.15) is 25.0 Å². The highest BCUT2D eigenvalue weighted by Crippen LogP contribution is 2.13. The quantitative estimate of drug-likeness (QED) is 0.585. The summed E-state index contributed by atoms with van der Waals surface area (Å²) in [6, 6.07) is 15.0. The summed E-state index contributed by atoms with van der Waals surface area (Å²) in [5.41, 5.74) is 1.73. The Morgan fingerprint density at radius 2 is 1.63 bits per heavy atom. The Bertz CT molecular complexity index is 821. The summed E-state index contributed by atoms with van der Waals surface area (Å²) in [6.45, 7) is 3.72. The fraction of sp³-hybridized carbons (Fsp3) is 0.348. The van der Waals surface area contributed by atoms with Crippen LogP contribution < -0.4 is 15.4 Å². The van der Waals surface area contributed by atoms with E-state index in [-0.39, 0.29) is 12.5 Å². The van der Waals surface area contributed by atoms with Gasteiger partial charge < -0.3 is 24.9 Å². The van der Waals surface area contributed by atoms with Crippen molar-refractivity contribution in [1.82, 2.24) is 10.6 Å². The third-order valence-electron chi connectivity index (χ3n) is 4.54. The SMILES string of the molecule is COc1ccc(CC(C=O)NC(=O)[C@@H](NC(=O)OCc2ccccc2)C(C)C)cc1. The Labute approximate surface area is 176 Å². The monoisotopic (exact) mass is 412 g/mol. The van der Waals surface area contributed by atoms with E-state index in [2.05, 4.69) is 10.6 Å². The van der Waals surface area contributed by atoms with Gasteiger partial charge in [0.1, 0.15) is 24.7 Å². The van der Waals surface area contributed by atoms with Crippen LogP contribution in [0, 0.1) is 5.92 Å². The summed E-state index contributed by atoms with van der Waals surface area (Å²) in [4.78, 5) is 36.3. The molecule has 160 valence electrons. The first-order valence-electron chi connectivity index (χ1n) is 9.78. The molecule has 0 bridgehead atoms. The summed E-state index contributed by atoms with van der Waals surface area (Å²) in [5.74, 6) is 0.0818. The molecule has 2 aromatic rings. The molecule has 0 saturated carbocycles. The van der Waals surface area contributed by atoms with Crippen LogP contribution in [0.5, 0.6) is 5.75 Å². The van der Waals surface area contributed by atoms with Crippen molar-refractivity contribution in [3.8, 4) is 5.75 Å². The van der Waals surface area contributed by atoms with Crippen LogP contribution in [0.4, 0.5) is 4.79 Å². The van der Waals surface area contributed by atoms with Gasteiger partial charge in [0.15, 0.2) is 0 Å². The van der Waals surface area contributed by atoms with E-state index in [1.807, 2.05) is 42.5 Å². The number of amides is 2. The summed E-state index contributed by atoms with van der Waals surface area (Å²) in [7, 11) is 1.58. The zero-order valence-electron chi connectivity index (χ0n) is 17.5. The molecule has 7 nitrogen and oxygen atoms in total. The number of benzene rings is 2. The van der Waals surface area contributed by atoms with Crippen LogP contribution in [-0.2, 0) is 27.4 Å². The van der Waals surface area contributed by atoms with Gasteiger partial charge in [-0.3, -0.25) is 4.79 Å². The summed E-state index contributed by atoms with van der Waals surface area (Å²) in [5, 5.41) is 5.29. The van der Waals surface area contributed by atoms with Crippen molar-refractivity contribution in [2.45, 2.75) is 39.0 Å². The largest absolute Gasteiger partial charge is 0.497 e. The van der Waals surface area contributed by atoms with Crippen LogP contribution in [0.15, 0.2) is 54.6 Å². The lowest BCUT2D eigenvalue weighted by Crippen LogP contribution is -2.52. The van der Waals surface area contributed by atoms with Gasteiger partial charge in [-0.05, 0) is 35.6 Å². The number of hydrogen-bond acceptors (Lipinski definition) is 5. The maximum absolute atomic E-state index is 12.7. The zero-order valence-corrected chi connectivity index (χ0v) is 17.5. The Hall–Kier alpha value is -3.35. The third-order valence-corrected chi connectivity index (χ3v) is 4.54. The summed E-state index contributed by atoms with van der Waals surface area (Å²) < 4.78 is 10.3.